The molecule has 0 saturated heterocycles. The largest absolute Gasteiger partial charge is 0.508 e. The van der Waals surface area contributed by atoms with Gasteiger partial charge in [0.05, 0.1) is 5.41 Å². The van der Waals surface area contributed by atoms with Gasteiger partial charge >= 0.3 is 0 Å². The van der Waals surface area contributed by atoms with Crippen molar-refractivity contribution >= 4 is 22.5 Å². The summed E-state index contributed by atoms with van der Waals surface area (Å²) < 4.78 is 6.62. The maximum atomic E-state index is 9.76. The minimum absolute atomic E-state index is 0.251. The van der Waals surface area contributed by atoms with E-state index in [4.69, 9.17) is 4.74 Å². The van der Waals surface area contributed by atoms with Crippen molar-refractivity contribution in [3.8, 4) is 11.5 Å². The fourth-order valence-electron chi connectivity index (χ4n) is 4.65. The van der Waals surface area contributed by atoms with Gasteiger partial charge < -0.3 is 14.7 Å². The predicted molar refractivity (Wildman–Crippen MR) is 106 cm³/mol. The molecule has 0 amide bonds. The molecule has 2 aliphatic rings. The van der Waals surface area contributed by atoms with Crippen LogP contribution in [-0.4, -0.2) is 17.9 Å². The molecule has 3 nitrogen and oxygen atoms in total. The van der Waals surface area contributed by atoms with Crippen LogP contribution in [0.25, 0.3) is 16.8 Å². The van der Waals surface area contributed by atoms with E-state index in [1.54, 1.807) is 12.1 Å². The number of fused-ring (bicyclic) bond motifs is 4. The highest BCUT2D eigenvalue weighted by molar-refractivity contribution is 5.94. The topological polar surface area (TPSA) is 32.7 Å². The van der Waals surface area contributed by atoms with E-state index in [9.17, 15) is 5.11 Å². The number of aromatic hydroxyl groups is 1. The van der Waals surface area contributed by atoms with Gasteiger partial charge in [-0.2, -0.15) is 0 Å². The van der Waals surface area contributed by atoms with E-state index in [0.717, 1.165) is 11.3 Å². The van der Waals surface area contributed by atoms with Crippen LogP contribution in [0, 0.1) is 0 Å². The van der Waals surface area contributed by atoms with Gasteiger partial charge in [0.2, 0.25) is 5.72 Å². The van der Waals surface area contributed by atoms with Gasteiger partial charge in [-0.3, -0.25) is 0 Å². The first kappa shape index (κ1) is 15.3. The zero-order chi connectivity index (χ0) is 18.1. The lowest BCUT2D eigenvalue weighted by molar-refractivity contribution is 0.0586. The highest BCUT2D eigenvalue weighted by Gasteiger charge is 2.58. The molecule has 130 valence electrons. The molecule has 0 fully saturated rings. The maximum Gasteiger partial charge on any atom is 0.211 e. The lowest BCUT2D eigenvalue weighted by atomic mass is 9.75. The van der Waals surface area contributed by atoms with Crippen molar-refractivity contribution in [3.63, 3.8) is 0 Å². The number of anilines is 1. The summed E-state index contributed by atoms with van der Waals surface area (Å²) in [6.45, 7) is 4.50. The monoisotopic (exact) mass is 343 g/mol. The van der Waals surface area contributed by atoms with E-state index in [1.165, 1.54) is 22.0 Å². The lowest BCUT2D eigenvalue weighted by Crippen LogP contribution is -2.58. The van der Waals surface area contributed by atoms with E-state index < -0.39 is 5.72 Å². The van der Waals surface area contributed by atoms with Crippen LogP contribution < -0.4 is 9.64 Å². The Labute approximate surface area is 153 Å². The van der Waals surface area contributed by atoms with Gasteiger partial charge in [0.25, 0.3) is 0 Å². The smallest absolute Gasteiger partial charge is 0.211 e. The molecule has 0 unspecified atom stereocenters. The molecule has 1 N–H and O–H groups in total. The van der Waals surface area contributed by atoms with Crippen LogP contribution in [-0.2, 0) is 5.41 Å². The molecule has 3 heteroatoms. The first-order chi connectivity index (χ1) is 12.4. The fraction of sp³-hybridized carbons (Fsp3) is 0.217. The summed E-state index contributed by atoms with van der Waals surface area (Å²) in [5.74, 6) is 1.05. The van der Waals surface area contributed by atoms with Crippen LogP contribution in [0.1, 0.15) is 25.0 Å². The SMILES string of the molecule is CN1c2ccc3ccccc3c2C(C)(C)[C@]12C=Cc1cc(O)ccc1O2. The second-order valence-corrected chi connectivity index (χ2v) is 7.72. The zero-order valence-electron chi connectivity index (χ0n) is 15.2. The van der Waals surface area contributed by atoms with Crippen molar-refractivity contribution in [1.82, 2.24) is 0 Å². The number of phenols is 1. The van der Waals surface area contributed by atoms with E-state index in [-0.39, 0.29) is 11.2 Å². The Morgan fingerprint density at radius 1 is 1.00 bits per heavy atom. The van der Waals surface area contributed by atoms with Crippen LogP contribution in [0.2, 0.25) is 0 Å². The lowest BCUT2D eigenvalue weighted by Gasteiger charge is -2.45. The molecule has 0 aliphatic carbocycles. The first-order valence-electron chi connectivity index (χ1n) is 8.91. The molecule has 2 heterocycles. The molecule has 0 bridgehead atoms. The normalized spacial score (nSPS) is 22.3. The summed E-state index contributed by atoms with van der Waals surface area (Å²) in [4.78, 5) is 2.24. The minimum atomic E-state index is -0.608. The van der Waals surface area contributed by atoms with Crippen molar-refractivity contribution in [2.45, 2.75) is 25.0 Å². The molecule has 26 heavy (non-hydrogen) atoms. The van der Waals surface area contributed by atoms with Gasteiger partial charge in [-0.15, -0.1) is 0 Å². The molecule has 0 radical (unpaired) electrons. The molecule has 2 aliphatic heterocycles. The maximum absolute atomic E-state index is 9.76. The second-order valence-electron chi connectivity index (χ2n) is 7.72. The minimum Gasteiger partial charge on any atom is -0.508 e. The third kappa shape index (κ3) is 1.73. The van der Waals surface area contributed by atoms with Gasteiger partial charge in [0.15, 0.2) is 0 Å². The molecule has 5 rings (SSSR count). The highest BCUT2D eigenvalue weighted by Crippen LogP contribution is 2.56. The molecule has 0 aromatic heterocycles. The summed E-state index contributed by atoms with van der Waals surface area (Å²) in [6.07, 6.45) is 4.19. The van der Waals surface area contributed by atoms with Crippen molar-refractivity contribution in [1.29, 1.82) is 0 Å². The van der Waals surface area contributed by atoms with Gasteiger partial charge in [-0.25, -0.2) is 0 Å². The van der Waals surface area contributed by atoms with Crippen molar-refractivity contribution in [3.05, 3.63) is 71.8 Å². The summed E-state index contributed by atoms with van der Waals surface area (Å²) in [7, 11) is 2.10. The van der Waals surface area contributed by atoms with Gasteiger partial charge in [-0.05, 0) is 66.6 Å². The number of benzene rings is 3. The molecular weight excluding hydrogens is 322 g/mol. The van der Waals surface area contributed by atoms with Crippen molar-refractivity contribution < 1.29 is 9.84 Å². The Bertz CT molecular complexity index is 1080. The van der Waals surface area contributed by atoms with E-state index >= 15 is 0 Å². The molecule has 3 aromatic carbocycles. The average Bonchev–Trinajstić information content (AvgIpc) is 2.80. The number of likely N-dealkylation sites (N-methyl/N-ethyl adjacent to an activating group) is 1. The molecule has 1 atom stereocenters. The third-order valence-electron chi connectivity index (χ3n) is 6.03. The van der Waals surface area contributed by atoms with Crippen LogP contribution >= 0.6 is 0 Å². The van der Waals surface area contributed by atoms with Gasteiger partial charge in [-0.1, -0.05) is 30.3 Å². The quantitative estimate of drug-likeness (QED) is 0.618. The van der Waals surface area contributed by atoms with Crippen molar-refractivity contribution in [2.75, 3.05) is 11.9 Å². The van der Waals surface area contributed by atoms with E-state index in [1.807, 2.05) is 6.07 Å². The van der Waals surface area contributed by atoms with Crippen LogP contribution in [0.5, 0.6) is 11.5 Å². The Kier molecular flexibility index (Phi) is 2.84. The van der Waals surface area contributed by atoms with Crippen molar-refractivity contribution in [2.24, 2.45) is 0 Å². The van der Waals surface area contributed by atoms with Crippen LogP contribution in [0.3, 0.4) is 0 Å². The summed E-state index contributed by atoms with van der Waals surface area (Å²) in [5.41, 5.74) is 2.54. The Morgan fingerprint density at radius 2 is 1.81 bits per heavy atom. The first-order valence-corrected chi connectivity index (χ1v) is 8.91. The number of hydrogen-bond donors (Lipinski definition) is 1. The number of nitrogens with zero attached hydrogens (tertiary/aromatic N) is 1. The Balaban J connectivity index is 1.75. The number of hydrogen-bond acceptors (Lipinski definition) is 3. The number of rotatable bonds is 0. The molecule has 0 saturated carbocycles. The summed E-state index contributed by atoms with van der Waals surface area (Å²) >= 11 is 0. The van der Waals surface area contributed by atoms with E-state index in [0.29, 0.717) is 0 Å². The Morgan fingerprint density at radius 3 is 2.65 bits per heavy atom. The molecule has 1 spiro atoms. The average molecular weight is 343 g/mol. The Hall–Kier alpha value is -2.94. The third-order valence-corrected chi connectivity index (χ3v) is 6.03. The molecular formula is C23H21NO2. The zero-order valence-corrected chi connectivity index (χ0v) is 15.2. The van der Waals surface area contributed by atoms with Crippen LogP contribution in [0.4, 0.5) is 5.69 Å². The summed E-state index contributed by atoms with van der Waals surface area (Å²) in [5, 5.41) is 12.3. The number of ether oxygens (including phenoxy) is 1. The fourth-order valence-corrected chi connectivity index (χ4v) is 4.65. The highest BCUT2D eigenvalue weighted by atomic mass is 16.5. The van der Waals surface area contributed by atoms with Gasteiger partial charge in [0, 0.05) is 18.3 Å². The van der Waals surface area contributed by atoms with E-state index in [2.05, 4.69) is 74.3 Å². The van der Waals surface area contributed by atoms with Crippen LogP contribution in [0.15, 0.2) is 60.7 Å². The predicted octanol–water partition coefficient (Wildman–Crippen LogP) is 5.07. The van der Waals surface area contributed by atoms with Gasteiger partial charge in [0.1, 0.15) is 11.5 Å². The standard InChI is InChI=1S/C23H21NO2/c1-22(2)21-18-7-5-4-6-15(18)8-10-19(21)24(3)23(22)13-12-16-14-17(25)9-11-20(16)26-23/h4-14,25H,1-3H3/t23-/m1/s1. The number of phenolic OH excluding ortho intramolecular Hbond substituents is 1. The second kappa shape index (κ2) is 4.82. The molecule has 3 aromatic rings. The summed E-state index contributed by atoms with van der Waals surface area (Å²) in [6, 6.07) is 18.2.